The summed E-state index contributed by atoms with van der Waals surface area (Å²) in [5, 5.41) is 0. The highest BCUT2D eigenvalue weighted by molar-refractivity contribution is 7.89. The van der Waals surface area contributed by atoms with Crippen LogP contribution in [-0.2, 0) is 10.0 Å². The van der Waals surface area contributed by atoms with Gasteiger partial charge in [-0.2, -0.15) is 0 Å². The van der Waals surface area contributed by atoms with E-state index in [9.17, 15) is 12.8 Å². The Bertz CT molecular complexity index is 590. The van der Waals surface area contributed by atoms with E-state index in [-0.39, 0.29) is 22.1 Å². The molecular formula is C15H25FN2O2S. The monoisotopic (exact) mass is 316 g/mol. The van der Waals surface area contributed by atoms with E-state index in [1.54, 1.807) is 0 Å². The van der Waals surface area contributed by atoms with Crippen LogP contribution in [0.3, 0.4) is 0 Å². The second-order valence-corrected chi connectivity index (χ2v) is 7.87. The molecule has 0 aromatic heterocycles. The second kappa shape index (κ2) is 6.75. The molecule has 0 heterocycles. The maximum absolute atomic E-state index is 13.7. The molecule has 1 aromatic carbocycles. The molecule has 1 rings (SSSR count). The van der Waals surface area contributed by atoms with Gasteiger partial charge in [0.25, 0.3) is 0 Å². The first-order chi connectivity index (χ1) is 9.56. The van der Waals surface area contributed by atoms with Crippen LogP contribution in [0.4, 0.5) is 10.1 Å². The number of rotatable bonds is 6. The van der Waals surface area contributed by atoms with Gasteiger partial charge >= 0.3 is 0 Å². The zero-order valence-corrected chi connectivity index (χ0v) is 14.1. The van der Waals surface area contributed by atoms with Crippen molar-refractivity contribution in [2.24, 2.45) is 17.8 Å². The first-order valence-corrected chi connectivity index (χ1v) is 8.59. The van der Waals surface area contributed by atoms with Crippen molar-refractivity contribution < 1.29 is 12.8 Å². The lowest BCUT2D eigenvalue weighted by molar-refractivity contribution is 0.289. The van der Waals surface area contributed by atoms with Crippen molar-refractivity contribution in [3.05, 3.63) is 23.5 Å². The summed E-state index contributed by atoms with van der Waals surface area (Å²) in [5.41, 5.74) is 5.73. The molecule has 1 aromatic rings. The summed E-state index contributed by atoms with van der Waals surface area (Å²) < 4.78 is 41.0. The summed E-state index contributed by atoms with van der Waals surface area (Å²) in [6.07, 6.45) is 0. The first kappa shape index (κ1) is 17.9. The van der Waals surface area contributed by atoms with Gasteiger partial charge in [-0.1, -0.05) is 27.7 Å². The Morgan fingerprint density at radius 2 is 1.71 bits per heavy atom. The van der Waals surface area contributed by atoms with Gasteiger partial charge in [-0.3, -0.25) is 0 Å². The minimum Gasteiger partial charge on any atom is -0.399 e. The third kappa shape index (κ3) is 4.41. The number of anilines is 1. The Morgan fingerprint density at radius 1 is 1.19 bits per heavy atom. The highest BCUT2D eigenvalue weighted by atomic mass is 32.2. The number of benzene rings is 1. The number of nitrogens with two attached hydrogens (primary N) is 1. The van der Waals surface area contributed by atoms with E-state index in [1.807, 2.05) is 0 Å². The standard InChI is InChI=1S/C15H25FN2O2S/c1-9(2)13(10(3)4)8-18-21(19,20)15-7-12(17)6-14(16)11(15)5/h6-7,9-10,13,18H,8,17H2,1-5H3. The Morgan fingerprint density at radius 3 is 2.19 bits per heavy atom. The molecule has 0 fully saturated rings. The lowest BCUT2D eigenvalue weighted by Crippen LogP contribution is -2.34. The van der Waals surface area contributed by atoms with E-state index in [2.05, 4.69) is 32.4 Å². The van der Waals surface area contributed by atoms with E-state index in [0.29, 0.717) is 18.4 Å². The second-order valence-electron chi connectivity index (χ2n) is 6.13. The molecule has 120 valence electrons. The molecule has 21 heavy (non-hydrogen) atoms. The summed E-state index contributed by atoms with van der Waals surface area (Å²) in [4.78, 5) is -0.0914. The zero-order valence-electron chi connectivity index (χ0n) is 13.3. The fourth-order valence-electron chi connectivity index (χ4n) is 2.48. The minimum atomic E-state index is -3.77. The lowest BCUT2D eigenvalue weighted by Gasteiger charge is -2.25. The molecule has 0 aliphatic rings. The van der Waals surface area contributed by atoms with Gasteiger partial charge in [0.15, 0.2) is 0 Å². The highest BCUT2D eigenvalue weighted by Gasteiger charge is 2.24. The van der Waals surface area contributed by atoms with Gasteiger partial charge in [0.05, 0.1) is 4.90 Å². The van der Waals surface area contributed by atoms with E-state index >= 15 is 0 Å². The van der Waals surface area contributed by atoms with Crippen LogP contribution in [0.1, 0.15) is 33.3 Å². The van der Waals surface area contributed by atoms with Gasteiger partial charge in [-0.15, -0.1) is 0 Å². The van der Waals surface area contributed by atoms with Crippen molar-refractivity contribution in [3.63, 3.8) is 0 Å². The van der Waals surface area contributed by atoms with E-state index in [0.717, 1.165) is 6.07 Å². The quantitative estimate of drug-likeness (QED) is 0.793. The SMILES string of the molecule is Cc1c(F)cc(N)cc1S(=O)(=O)NCC(C(C)C)C(C)C. The molecule has 0 unspecified atom stereocenters. The van der Waals surface area contributed by atoms with Gasteiger partial charge in [-0.25, -0.2) is 17.5 Å². The number of sulfonamides is 1. The molecule has 0 aliphatic heterocycles. The van der Waals surface area contributed by atoms with Crippen molar-refractivity contribution in [2.45, 2.75) is 39.5 Å². The number of hydrogen-bond acceptors (Lipinski definition) is 3. The number of nitrogens with one attached hydrogen (secondary N) is 1. The Labute approximate surface area is 127 Å². The maximum atomic E-state index is 13.7. The summed E-state index contributed by atoms with van der Waals surface area (Å²) in [6.45, 7) is 10.0. The van der Waals surface area contributed by atoms with Gasteiger partial charge in [0.1, 0.15) is 5.82 Å². The largest absolute Gasteiger partial charge is 0.399 e. The Balaban J connectivity index is 3.03. The van der Waals surface area contributed by atoms with Crippen LogP contribution in [0.5, 0.6) is 0 Å². The van der Waals surface area contributed by atoms with Gasteiger partial charge < -0.3 is 5.73 Å². The molecule has 0 spiro atoms. The molecule has 3 N–H and O–H groups in total. The Hall–Kier alpha value is -1.14. The van der Waals surface area contributed by atoms with Gasteiger partial charge in [0, 0.05) is 17.8 Å². The van der Waals surface area contributed by atoms with E-state index in [1.165, 1.54) is 13.0 Å². The van der Waals surface area contributed by atoms with Crippen LogP contribution >= 0.6 is 0 Å². The van der Waals surface area contributed by atoms with Crippen molar-refractivity contribution in [3.8, 4) is 0 Å². The van der Waals surface area contributed by atoms with Crippen molar-refractivity contribution in [1.82, 2.24) is 4.72 Å². The third-order valence-electron chi connectivity index (χ3n) is 3.83. The van der Waals surface area contributed by atoms with Crippen molar-refractivity contribution >= 4 is 15.7 Å². The molecule has 0 saturated carbocycles. The lowest BCUT2D eigenvalue weighted by atomic mass is 9.86. The molecule has 0 bridgehead atoms. The van der Waals surface area contributed by atoms with Gasteiger partial charge in [-0.05, 0) is 36.8 Å². The normalized spacial score (nSPS) is 12.6. The van der Waals surface area contributed by atoms with E-state index in [4.69, 9.17) is 5.73 Å². The topological polar surface area (TPSA) is 72.2 Å². The average molecular weight is 316 g/mol. The smallest absolute Gasteiger partial charge is 0.241 e. The minimum absolute atomic E-state index is 0.0855. The molecule has 0 amide bonds. The predicted molar refractivity (Wildman–Crippen MR) is 83.9 cm³/mol. The summed E-state index contributed by atoms with van der Waals surface area (Å²) in [6, 6.07) is 2.42. The summed E-state index contributed by atoms with van der Waals surface area (Å²) in [5.74, 6) is 0.309. The average Bonchev–Trinajstić information content (AvgIpc) is 2.32. The zero-order chi connectivity index (χ0) is 16.4. The number of nitrogen functional groups attached to an aromatic ring is 1. The molecule has 0 radical (unpaired) electrons. The van der Waals surface area contributed by atoms with Crippen LogP contribution in [0.2, 0.25) is 0 Å². The molecular weight excluding hydrogens is 291 g/mol. The van der Waals surface area contributed by atoms with Crippen molar-refractivity contribution in [2.75, 3.05) is 12.3 Å². The van der Waals surface area contributed by atoms with Crippen molar-refractivity contribution in [1.29, 1.82) is 0 Å². The Kier molecular flexibility index (Phi) is 5.75. The van der Waals surface area contributed by atoms with Crippen LogP contribution in [0.15, 0.2) is 17.0 Å². The molecule has 4 nitrogen and oxygen atoms in total. The van der Waals surface area contributed by atoms with Crippen LogP contribution < -0.4 is 10.5 Å². The van der Waals surface area contributed by atoms with Crippen LogP contribution in [0.25, 0.3) is 0 Å². The summed E-state index contributed by atoms with van der Waals surface area (Å²) >= 11 is 0. The fourth-order valence-corrected chi connectivity index (χ4v) is 3.84. The molecule has 0 aliphatic carbocycles. The number of halogens is 1. The van der Waals surface area contributed by atoms with Gasteiger partial charge in [0.2, 0.25) is 10.0 Å². The highest BCUT2D eigenvalue weighted by Crippen LogP contribution is 2.23. The maximum Gasteiger partial charge on any atom is 0.241 e. The van der Waals surface area contributed by atoms with Crippen LogP contribution in [-0.4, -0.2) is 15.0 Å². The third-order valence-corrected chi connectivity index (χ3v) is 5.38. The first-order valence-electron chi connectivity index (χ1n) is 7.11. The predicted octanol–water partition coefficient (Wildman–Crippen LogP) is 2.92. The van der Waals surface area contributed by atoms with Crippen LogP contribution in [0, 0.1) is 30.5 Å². The fraction of sp³-hybridized carbons (Fsp3) is 0.600. The molecule has 0 saturated heterocycles. The number of hydrogen-bond donors (Lipinski definition) is 2. The van der Waals surface area contributed by atoms with E-state index < -0.39 is 15.8 Å². The summed E-state index contributed by atoms with van der Waals surface area (Å²) in [7, 11) is -3.77. The molecule has 6 heteroatoms. The molecule has 0 atom stereocenters.